The molecule has 1 saturated heterocycles. The number of hydrogen-bond donors (Lipinski definition) is 2. The highest BCUT2D eigenvalue weighted by atomic mass is 16.5. The number of piperidine rings is 1. The van der Waals surface area contributed by atoms with Crippen LogP contribution in [-0.4, -0.2) is 35.9 Å². The lowest BCUT2D eigenvalue weighted by Gasteiger charge is -2.31. The second-order valence-corrected chi connectivity index (χ2v) is 5.96. The normalized spacial score (nSPS) is 19.1. The quantitative estimate of drug-likeness (QED) is 0.491. The third-order valence-electron chi connectivity index (χ3n) is 4.21. The van der Waals surface area contributed by atoms with Gasteiger partial charge in [0, 0.05) is 18.7 Å². The second kappa shape index (κ2) is 7.97. The summed E-state index contributed by atoms with van der Waals surface area (Å²) in [5.41, 5.74) is 2.76. The Hall–Kier alpha value is -2.08. The molecule has 6 heteroatoms. The topological polar surface area (TPSA) is 84.7 Å². The summed E-state index contributed by atoms with van der Waals surface area (Å²) in [7, 11) is 0. The summed E-state index contributed by atoms with van der Waals surface area (Å²) in [5.74, 6) is 5.36. The van der Waals surface area contributed by atoms with Crippen LogP contribution in [0, 0.1) is 5.92 Å². The van der Waals surface area contributed by atoms with Crippen LogP contribution < -0.4 is 16.0 Å². The molecular weight excluding hydrogens is 294 g/mol. The van der Waals surface area contributed by atoms with Gasteiger partial charge in [-0.3, -0.25) is 15.0 Å². The van der Waals surface area contributed by atoms with Gasteiger partial charge in [0.2, 0.25) is 5.91 Å². The molecule has 1 heterocycles. The van der Waals surface area contributed by atoms with E-state index in [9.17, 15) is 9.59 Å². The molecule has 1 aliphatic rings. The van der Waals surface area contributed by atoms with Crippen LogP contribution in [0.5, 0.6) is 5.75 Å². The van der Waals surface area contributed by atoms with E-state index in [0.717, 1.165) is 19.3 Å². The molecule has 0 bridgehead atoms. The lowest BCUT2D eigenvalue weighted by molar-refractivity contribution is -0.126. The number of ether oxygens (including phenoxy) is 1. The molecule has 1 aliphatic heterocycles. The fourth-order valence-corrected chi connectivity index (χ4v) is 2.69. The Kier molecular flexibility index (Phi) is 5.98. The summed E-state index contributed by atoms with van der Waals surface area (Å²) in [5, 5.41) is 0. The fourth-order valence-electron chi connectivity index (χ4n) is 2.69. The van der Waals surface area contributed by atoms with E-state index in [4.69, 9.17) is 10.6 Å². The number of nitrogens with two attached hydrogens (primary N) is 1. The van der Waals surface area contributed by atoms with E-state index < -0.39 is 0 Å². The Morgan fingerprint density at radius 2 is 2.26 bits per heavy atom. The maximum atomic E-state index is 12.7. The van der Waals surface area contributed by atoms with Crippen LogP contribution in [0.25, 0.3) is 0 Å². The molecule has 2 atom stereocenters. The van der Waals surface area contributed by atoms with Crippen molar-refractivity contribution in [3.05, 3.63) is 29.8 Å². The zero-order valence-electron chi connectivity index (χ0n) is 13.7. The van der Waals surface area contributed by atoms with Crippen LogP contribution in [0.2, 0.25) is 0 Å². The van der Waals surface area contributed by atoms with Gasteiger partial charge in [-0.2, -0.15) is 0 Å². The molecular formula is C17H25N3O3. The lowest BCUT2D eigenvalue weighted by atomic mass is 9.96. The highest BCUT2D eigenvalue weighted by Crippen LogP contribution is 2.21. The van der Waals surface area contributed by atoms with Gasteiger partial charge in [-0.1, -0.05) is 13.0 Å². The van der Waals surface area contributed by atoms with Crippen LogP contribution in [0.1, 0.15) is 43.5 Å². The zero-order chi connectivity index (χ0) is 16.8. The maximum absolute atomic E-state index is 12.7. The summed E-state index contributed by atoms with van der Waals surface area (Å²) < 4.78 is 5.77. The summed E-state index contributed by atoms with van der Waals surface area (Å²) in [4.78, 5) is 26.1. The molecule has 1 aromatic rings. The number of benzene rings is 1. The number of amides is 2. The number of hydrazine groups is 1. The smallest absolute Gasteiger partial charge is 0.254 e. The van der Waals surface area contributed by atoms with E-state index in [1.165, 1.54) is 0 Å². The van der Waals surface area contributed by atoms with E-state index in [1.54, 1.807) is 17.0 Å². The molecule has 1 fully saturated rings. The summed E-state index contributed by atoms with van der Waals surface area (Å²) in [6.07, 6.45) is 2.56. The monoisotopic (exact) mass is 319 g/mol. The van der Waals surface area contributed by atoms with E-state index in [0.29, 0.717) is 24.4 Å². The molecule has 2 rings (SSSR count). The number of carbonyl (C=O) groups excluding carboxylic acids is 2. The van der Waals surface area contributed by atoms with Crippen LogP contribution in [0.3, 0.4) is 0 Å². The van der Waals surface area contributed by atoms with Crippen molar-refractivity contribution in [3.8, 4) is 5.75 Å². The van der Waals surface area contributed by atoms with Crippen molar-refractivity contribution in [1.29, 1.82) is 0 Å². The summed E-state index contributed by atoms with van der Waals surface area (Å²) in [6, 6.07) is 7.21. The molecule has 2 unspecified atom stereocenters. The van der Waals surface area contributed by atoms with Gasteiger partial charge >= 0.3 is 0 Å². The van der Waals surface area contributed by atoms with Gasteiger partial charge in [-0.05, 0) is 44.4 Å². The van der Waals surface area contributed by atoms with Gasteiger partial charge in [0.25, 0.3) is 5.91 Å². The standard InChI is InChI=1S/C17H25N3O3/c1-3-12(2)23-15-8-4-6-13(10-15)17(22)20-9-5-7-14(11-20)16(21)19-18/h4,6,8,10,12,14H,3,5,7,9,11,18H2,1-2H3,(H,19,21). The number of hydrogen-bond acceptors (Lipinski definition) is 4. The van der Waals surface area contributed by atoms with Gasteiger partial charge in [0.05, 0.1) is 12.0 Å². The summed E-state index contributed by atoms with van der Waals surface area (Å²) in [6.45, 7) is 5.10. The largest absolute Gasteiger partial charge is 0.491 e. The minimum atomic E-state index is -0.239. The van der Waals surface area contributed by atoms with E-state index in [-0.39, 0.29) is 23.8 Å². The van der Waals surface area contributed by atoms with Gasteiger partial charge in [0.15, 0.2) is 0 Å². The summed E-state index contributed by atoms with van der Waals surface area (Å²) >= 11 is 0. The number of nitrogens with zero attached hydrogens (tertiary/aromatic N) is 1. The SMILES string of the molecule is CCC(C)Oc1cccc(C(=O)N2CCCC(C(=O)NN)C2)c1. The average Bonchev–Trinajstić information content (AvgIpc) is 2.60. The van der Waals surface area contributed by atoms with Crippen LogP contribution >= 0.6 is 0 Å². The predicted octanol–water partition coefficient (Wildman–Crippen LogP) is 1.71. The zero-order valence-corrected chi connectivity index (χ0v) is 13.7. The first-order chi connectivity index (χ1) is 11.0. The van der Waals surface area contributed by atoms with Crippen molar-refractivity contribution in [2.75, 3.05) is 13.1 Å². The van der Waals surface area contributed by atoms with Gasteiger partial charge in [-0.25, -0.2) is 5.84 Å². The van der Waals surface area contributed by atoms with Crippen LogP contribution in [0.4, 0.5) is 0 Å². The van der Waals surface area contributed by atoms with E-state index >= 15 is 0 Å². The van der Waals surface area contributed by atoms with Crippen molar-refractivity contribution in [2.24, 2.45) is 11.8 Å². The lowest BCUT2D eigenvalue weighted by Crippen LogP contribution is -2.47. The minimum Gasteiger partial charge on any atom is -0.491 e. The van der Waals surface area contributed by atoms with E-state index in [1.807, 2.05) is 19.1 Å². The minimum absolute atomic E-state index is 0.0749. The number of nitrogens with one attached hydrogen (secondary N) is 1. The molecule has 0 aliphatic carbocycles. The molecule has 0 saturated carbocycles. The van der Waals surface area contributed by atoms with Gasteiger partial charge in [-0.15, -0.1) is 0 Å². The predicted molar refractivity (Wildman–Crippen MR) is 87.8 cm³/mol. The molecule has 0 aromatic heterocycles. The maximum Gasteiger partial charge on any atom is 0.254 e. The average molecular weight is 319 g/mol. The first kappa shape index (κ1) is 17.3. The Balaban J connectivity index is 2.07. The van der Waals surface area contributed by atoms with Crippen molar-refractivity contribution in [1.82, 2.24) is 10.3 Å². The molecule has 2 amide bonds. The third-order valence-corrected chi connectivity index (χ3v) is 4.21. The van der Waals surface area contributed by atoms with Gasteiger partial charge < -0.3 is 9.64 Å². The van der Waals surface area contributed by atoms with Crippen LogP contribution in [0.15, 0.2) is 24.3 Å². The molecule has 3 N–H and O–H groups in total. The Morgan fingerprint density at radius 1 is 1.48 bits per heavy atom. The van der Waals surface area contributed by atoms with E-state index in [2.05, 4.69) is 12.3 Å². The molecule has 126 valence electrons. The number of carbonyl (C=O) groups is 2. The van der Waals surface area contributed by atoms with Crippen molar-refractivity contribution < 1.29 is 14.3 Å². The molecule has 0 radical (unpaired) electrons. The molecule has 23 heavy (non-hydrogen) atoms. The highest BCUT2D eigenvalue weighted by Gasteiger charge is 2.28. The van der Waals surface area contributed by atoms with Crippen molar-refractivity contribution >= 4 is 11.8 Å². The molecule has 1 aromatic carbocycles. The molecule has 0 spiro atoms. The second-order valence-electron chi connectivity index (χ2n) is 5.96. The third kappa shape index (κ3) is 4.45. The van der Waals surface area contributed by atoms with Crippen LogP contribution in [-0.2, 0) is 4.79 Å². The number of likely N-dealkylation sites (tertiary alicyclic amines) is 1. The van der Waals surface area contributed by atoms with Crippen molar-refractivity contribution in [3.63, 3.8) is 0 Å². The Morgan fingerprint density at radius 3 is 2.96 bits per heavy atom. The number of rotatable bonds is 5. The first-order valence-electron chi connectivity index (χ1n) is 8.11. The first-order valence-corrected chi connectivity index (χ1v) is 8.11. The van der Waals surface area contributed by atoms with Crippen molar-refractivity contribution in [2.45, 2.75) is 39.2 Å². The Labute approximate surface area is 136 Å². The highest BCUT2D eigenvalue weighted by molar-refractivity contribution is 5.95. The van der Waals surface area contributed by atoms with Gasteiger partial charge in [0.1, 0.15) is 5.75 Å². The molecule has 6 nitrogen and oxygen atoms in total. The fraction of sp³-hybridized carbons (Fsp3) is 0.529. The Bertz CT molecular complexity index is 562.